The molecule has 2 heteroatoms. The van der Waals surface area contributed by atoms with Crippen LogP contribution in [0.4, 0.5) is 5.69 Å². The molecule has 0 fully saturated rings. The maximum Gasteiger partial charge on any atom is 0.143 e. The molecule has 0 unspecified atom stereocenters. The lowest BCUT2D eigenvalue weighted by Crippen LogP contribution is -2.15. The van der Waals surface area contributed by atoms with Crippen LogP contribution in [-0.4, -0.2) is 6.61 Å². The lowest BCUT2D eigenvalue weighted by atomic mass is 10.2. The van der Waals surface area contributed by atoms with Gasteiger partial charge in [0.1, 0.15) is 12.4 Å². The lowest BCUT2D eigenvalue weighted by molar-refractivity contribution is 0.346. The zero-order chi connectivity index (χ0) is 8.55. The maximum atomic E-state index is 5.45. The van der Waals surface area contributed by atoms with Crippen molar-refractivity contribution in [2.75, 3.05) is 11.9 Å². The summed E-state index contributed by atoms with van der Waals surface area (Å²) in [6.45, 7) is 6.41. The van der Waals surface area contributed by atoms with E-state index in [2.05, 4.69) is 11.9 Å². The van der Waals surface area contributed by atoms with Gasteiger partial charge in [-0.05, 0) is 24.6 Å². The van der Waals surface area contributed by atoms with Gasteiger partial charge in [-0.2, -0.15) is 0 Å². The summed E-state index contributed by atoms with van der Waals surface area (Å²) in [5.41, 5.74) is 3.13. The van der Waals surface area contributed by atoms with Gasteiger partial charge in [-0.15, -0.1) is 0 Å². The van der Waals surface area contributed by atoms with E-state index in [0.29, 0.717) is 6.61 Å². The number of nitrogens with one attached hydrogen (secondary N) is 1. The number of benzene rings is 1. The molecule has 1 heterocycles. The van der Waals surface area contributed by atoms with Gasteiger partial charge in [0.15, 0.2) is 0 Å². The van der Waals surface area contributed by atoms with Crippen LogP contribution in [0.2, 0.25) is 0 Å². The van der Waals surface area contributed by atoms with Crippen molar-refractivity contribution in [3.8, 4) is 5.75 Å². The van der Waals surface area contributed by atoms with Gasteiger partial charge < -0.3 is 10.1 Å². The monoisotopic (exact) mass is 161 g/mol. The van der Waals surface area contributed by atoms with Gasteiger partial charge in [0.05, 0.1) is 5.69 Å². The SMILES string of the molecule is C=C1COc2cc(C)ccc2N1. The van der Waals surface area contributed by atoms with Crippen LogP contribution in [0.15, 0.2) is 30.5 Å². The molecule has 0 saturated heterocycles. The molecule has 0 aliphatic carbocycles. The Morgan fingerprint density at radius 1 is 1.50 bits per heavy atom. The normalized spacial score (nSPS) is 14.6. The molecule has 12 heavy (non-hydrogen) atoms. The van der Waals surface area contributed by atoms with Crippen LogP contribution < -0.4 is 10.1 Å². The van der Waals surface area contributed by atoms with E-state index in [4.69, 9.17) is 4.74 Å². The molecule has 0 saturated carbocycles. The predicted octanol–water partition coefficient (Wildman–Crippen LogP) is 2.31. The Morgan fingerprint density at radius 3 is 3.17 bits per heavy atom. The molecule has 2 nitrogen and oxygen atoms in total. The summed E-state index contributed by atoms with van der Waals surface area (Å²) < 4.78 is 5.45. The average molecular weight is 161 g/mol. The fourth-order valence-corrected chi connectivity index (χ4v) is 1.24. The number of aryl methyl sites for hydroxylation is 1. The van der Waals surface area contributed by atoms with Crippen molar-refractivity contribution in [1.82, 2.24) is 0 Å². The van der Waals surface area contributed by atoms with E-state index in [-0.39, 0.29) is 0 Å². The third-order valence-electron chi connectivity index (χ3n) is 1.85. The van der Waals surface area contributed by atoms with Crippen LogP contribution in [0.5, 0.6) is 5.75 Å². The number of ether oxygens (including phenoxy) is 1. The van der Waals surface area contributed by atoms with Crippen molar-refractivity contribution in [3.05, 3.63) is 36.0 Å². The van der Waals surface area contributed by atoms with E-state index in [9.17, 15) is 0 Å². The van der Waals surface area contributed by atoms with E-state index >= 15 is 0 Å². The highest BCUT2D eigenvalue weighted by Crippen LogP contribution is 2.29. The fraction of sp³-hybridized carbons (Fsp3) is 0.200. The topological polar surface area (TPSA) is 21.3 Å². The number of hydrogen-bond donors (Lipinski definition) is 1. The Labute approximate surface area is 71.9 Å². The number of hydrogen-bond acceptors (Lipinski definition) is 2. The molecule has 0 spiro atoms. The average Bonchev–Trinajstić information content (AvgIpc) is 2.05. The highest BCUT2D eigenvalue weighted by molar-refractivity contribution is 5.62. The highest BCUT2D eigenvalue weighted by Gasteiger charge is 2.10. The zero-order valence-electron chi connectivity index (χ0n) is 7.05. The summed E-state index contributed by atoms with van der Waals surface area (Å²) in [6, 6.07) is 6.08. The van der Waals surface area contributed by atoms with E-state index in [1.165, 1.54) is 5.56 Å². The van der Waals surface area contributed by atoms with E-state index in [1.54, 1.807) is 0 Å². The molecular weight excluding hydrogens is 150 g/mol. The third-order valence-corrected chi connectivity index (χ3v) is 1.85. The first-order valence-electron chi connectivity index (χ1n) is 3.94. The largest absolute Gasteiger partial charge is 0.485 e. The Hall–Kier alpha value is -1.44. The van der Waals surface area contributed by atoms with E-state index < -0.39 is 0 Å². The molecule has 0 aromatic heterocycles. The van der Waals surface area contributed by atoms with Gasteiger partial charge in [0, 0.05) is 5.70 Å². The first-order chi connectivity index (χ1) is 5.75. The zero-order valence-corrected chi connectivity index (χ0v) is 7.05. The second kappa shape index (κ2) is 2.55. The summed E-state index contributed by atoms with van der Waals surface area (Å²) in [5.74, 6) is 0.919. The Kier molecular flexibility index (Phi) is 1.54. The second-order valence-corrected chi connectivity index (χ2v) is 3.02. The van der Waals surface area contributed by atoms with E-state index in [0.717, 1.165) is 17.1 Å². The molecule has 0 bridgehead atoms. The molecule has 2 rings (SSSR count). The quantitative estimate of drug-likeness (QED) is 0.630. The van der Waals surface area contributed by atoms with Crippen molar-refractivity contribution < 1.29 is 4.74 Å². The third kappa shape index (κ3) is 1.16. The Balaban J connectivity index is 2.43. The molecule has 0 atom stereocenters. The van der Waals surface area contributed by atoms with Crippen molar-refractivity contribution in [3.63, 3.8) is 0 Å². The van der Waals surface area contributed by atoms with Crippen molar-refractivity contribution in [1.29, 1.82) is 0 Å². The number of fused-ring (bicyclic) bond motifs is 1. The van der Waals surface area contributed by atoms with Crippen molar-refractivity contribution >= 4 is 5.69 Å². The van der Waals surface area contributed by atoms with Crippen LogP contribution >= 0.6 is 0 Å². The molecule has 1 aliphatic heterocycles. The minimum absolute atomic E-state index is 0.566. The molecule has 1 aliphatic rings. The molecule has 0 radical (unpaired) electrons. The Bertz CT molecular complexity index is 331. The van der Waals surface area contributed by atoms with Gasteiger partial charge in [-0.25, -0.2) is 0 Å². The van der Waals surface area contributed by atoms with Crippen LogP contribution in [-0.2, 0) is 0 Å². The van der Waals surface area contributed by atoms with Gasteiger partial charge >= 0.3 is 0 Å². The van der Waals surface area contributed by atoms with Crippen molar-refractivity contribution in [2.45, 2.75) is 6.92 Å². The first-order valence-corrected chi connectivity index (χ1v) is 3.94. The summed E-state index contributed by atoms with van der Waals surface area (Å²) in [7, 11) is 0. The molecule has 0 amide bonds. The molecule has 1 N–H and O–H groups in total. The number of rotatable bonds is 0. The summed E-state index contributed by atoms with van der Waals surface area (Å²) in [5, 5.41) is 3.17. The molecular formula is C10H11NO. The molecule has 1 aromatic carbocycles. The van der Waals surface area contributed by atoms with Crippen LogP contribution in [0, 0.1) is 6.92 Å². The Morgan fingerprint density at radius 2 is 2.33 bits per heavy atom. The highest BCUT2D eigenvalue weighted by atomic mass is 16.5. The first kappa shape index (κ1) is 7.22. The van der Waals surface area contributed by atoms with Crippen LogP contribution in [0.1, 0.15) is 5.56 Å². The minimum atomic E-state index is 0.566. The summed E-state index contributed by atoms with van der Waals surface area (Å²) in [4.78, 5) is 0. The van der Waals surface area contributed by atoms with Crippen molar-refractivity contribution in [2.24, 2.45) is 0 Å². The van der Waals surface area contributed by atoms with Gasteiger partial charge in [-0.1, -0.05) is 12.6 Å². The molecule has 1 aromatic rings. The second-order valence-electron chi connectivity index (χ2n) is 3.02. The van der Waals surface area contributed by atoms with E-state index in [1.807, 2.05) is 25.1 Å². The predicted molar refractivity (Wildman–Crippen MR) is 49.4 cm³/mol. The minimum Gasteiger partial charge on any atom is -0.485 e. The standard InChI is InChI=1S/C10H11NO/c1-7-3-4-9-10(5-7)12-6-8(2)11-9/h3-5,11H,2,6H2,1H3. The fourth-order valence-electron chi connectivity index (χ4n) is 1.24. The number of anilines is 1. The summed E-state index contributed by atoms with van der Waals surface area (Å²) >= 11 is 0. The van der Waals surface area contributed by atoms with Gasteiger partial charge in [-0.3, -0.25) is 0 Å². The molecule has 62 valence electrons. The van der Waals surface area contributed by atoms with Crippen LogP contribution in [0.25, 0.3) is 0 Å². The smallest absolute Gasteiger partial charge is 0.143 e. The summed E-state index contributed by atoms with van der Waals surface area (Å²) in [6.07, 6.45) is 0. The maximum absolute atomic E-state index is 5.45. The lowest BCUT2D eigenvalue weighted by Gasteiger charge is -2.20. The van der Waals surface area contributed by atoms with Crippen LogP contribution in [0.3, 0.4) is 0 Å². The van der Waals surface area contributed by atoms with Gasteiger partial charge in [0.2, 0.25) is 0 Å². The van der Waals surface area contributed by atoms with Gasteiger partial charge in [0.25, 0.3) is 0 Å².